The highest BCUT2D eigenvalue weighted by Gasteiger charge is 2.35. The summed E-state index contributed by atoms with van der Waals surface area (Å²) in [6.45, 7) is 2.34. The number of imide groups is 1. The zero-order chi connectivity index (χ0) is 25.5. The van der Waals surface area contributed by atoms with Crippen molar-refractivity contribution in [3.8, 4) is 23.0 Å². The SMILES string of the molecule is CCOc1cc(/C=C2\SC(=O)N(CCOc3ccccc3OC)C2=O)ccc1OC(=O)c1ccco1. The summed E-state index contributed by atoms with van der Waals surface area (Å²) in [6, 6.07) is 15.1. The first-order chi connectivity index (χ1) is 17.5. The fourth-order valence-electron chi connectivity index (χ4n) is 3.34. The number of hydrogen-bond acceptors (Lipinski definition) is 9. The summed E-state index contributed by atoms with van der Waals surface area (Å²) < 4.78 is 27.0. The molecule has 1 aliphatic heterocycles. The molecule has 0 atom stereocenters. The second-order valence-corrected chi connectivity index (χ2v) is 8.33. The van der Waals surface area contributed by atoms with Gasteiger partial charge in [0.1, 0.15) is 6.61 Å². The number of esters is 1. The molecule has 0 saturated carbocycles. The molecule has 2 amide bonds. The number of para-hydroxylation sites is 2. The molecule has 0 N–H and O–H groups in total. The van der Waals surface area contributed by atoms with Gasteiger partial charge in [-0.1, -0.05) is 18.2 Å². The Morgan fingerprint density at radius 3 is 2.53 bits per heavy atom. The van der Waals surface area contributed by atoms with Crippen molar-refractivity contribution in [3.63, 3.8) is 0 Å². The lowest BCUT2D eigenvalue weighted by atomic mass is 10.2. The van der Waals surface area contributed by atoms with Gasteiger partial charge in [-0.3, -0.25) is 14.5 Å². The van der Waals surface area contributed by atoms with Gasteiger partial charge in [0.25, 0.3) is 11.1 Å². The highest BCUT2D eigenvalue weighted by Crippen LogP contribution is 2.35. The predicted octanol–water partition coefficient (Wildman–Crippen LogP) is 5.02. The Morgan fingerprint density at radius 1 is 1.00 bits per heavy atom. The summed E-state index contributed by atoms with van der Waals surface area (Å²) in [4.78, 5) is 39.0. The number of carbonyl (C=O) groups is 3. The molecule has 36 heavy (non-hydrogen) atoms. The number of benzene rings is 2. The lowest BCUT2D eigenvalue weighted by Crippen LogP contribution is -2.32. The van der Waals surface area contributed by atoms with E-state index in [1.165, 1.54) is 19.4 Å². The van der Waals surface area contributed by atoms with Crippen molar-refractivity contribution in [2.75, 3.05) is 26.9 Å². The molecule has 0 radical (unpaired) electrons. The fraction of sp³-hybridized carbons (Fsp3) is 0.192. The molecule has 1 aromatic heterocycles. The van der Waals surface area contributed by atoms with Crippen LogP contribution in [0.15, 0.2) is 70.2 Å². The van der Waals surface area contributed by atoms with Gasteiger partial charge in [-0.2, -0.15) is 0 Å². The lowest BCUT2D eigenvalue weighted by molar-refractivity contribution is -0.123. The van der Waals surface area contributed by atoms with Crippen molar-refractivity contribution in [1.82, 2.24) is 4.90 Å². The van der Waals surface area contributed by atoms with Crippen molar-refractivity contribution in [2.45, 2.75) is 6.92 Å². The van der Waals surface area contributed by atoms with Gasteiger partial charge in [-0.05, 0) is 66.7 Å². The van der Waals surface area contributed by atoms with Crippen LogP contribution in [0.1, 0.15) is 23.0 Å². The molecular formula is C26H23NO8S. The van der Waals surface area contributed by atoms with Crippen molar-refractivity contribution in [1.29, 1.82) is 0 Å². The molecule has 0 spiro atoms. The van der Waals surface area contributed by atoms with Crippen LogP contribution in [0.3, 0.4) is 0 Å². The highest BCUT2D eigenvalue weighted by molar-refractivity contribution is 8.18. The molecule has 9 nitrogen and oxygen atoms in total. The topological polar surface area (TPSA) is 105 Å². The van der Waals surface area contributed by atoms with Gasteiger partial charge >= 0.3 is 5.97 Å². The minimum absolute atomic E-state index is 0.0601. The first-order valence-corrected chi connectivity index (χ1v) is 11.9. The van der Waals surface area contributed by atoms with Gasteiger partial charge in [-0.25, -0.2) is 4.79 Å². The van der Waals surface area contributed by atoms with E-state index in [0.29, 0.717) is 29.4 Å². The van der Waals surface area contributed by atoms with Gasteiger partial charge < -0.3 is 23.4 Å². The largest absolute Gasteiger partial charge is 0.493 e. The highest BCUT2D eigenvalue weighted by atomic mass is 32.2. The Hall–Kier alpha value is -4.18. The van der Waals surface area contributed by atoms with Gasteiger partial charge in [-0.15, -0.1) is 0 Å². The summed E-state index contributed by atoms with van der Waals surface area (Å²) in [7, 11) is 1.54. The Bertz CT molecular complexity index is 1280. The number of thioether (sulfide) groups is 1. The van der Waals surface area contributed by atoms with Crippen LogP contribution in [0, 0.1) is 0 Å². The molecule has 0 unspecified atom stereocenters. The Labute approximate surface area is 211 Å². The van der Waals surface area contributed by atoms with Crippen molar-refractivity contribution >= 4 is 35.0 Å². The van der Waals surface area contributed by atoms with E-state index in [2.05, 4.69) is 0 Å². The monoisotopic (exact) mass is 509 g/mol. The maximum absolute atomic E-state index is 12.9. The molecule has 1 aliphatic rings. The number of methoxy groups -OCH3 is 1. The second kappa shape index (κ2) is 11.5. The van der Waals surface area contributed by atoms with E-state index >= 15 is 0 Å². The van der Waals surface area contributed by atoms with E-state index in [0.717, 1.165) is 16.7 Å². The Morgan fingerprint density at radius 2 is 1.81 bits per heavy atom. The molecule has 1 fully saturated rings. The standard InChI is InChI=1S/C26H23NO8S/c1-3-32-22-15-17(10-11-20(22)35-25(29)21-9-6-13-33-21)16-23-24(28)27(26(30)36-23)12-14-34-19-8-5-4-7-18(19)31-2/h4-11,13,15-16H,3,12,14H2,1-2H3/b23-16-. The minimum Gasteiger partial charge on any atom is -0.493 e. The smallest absolute Gasteiger partial charge is 0.379 e. The van der Waals surface area contributed by atoms with Crippen LogP contribution in [-0.4, -0.2) is 48.9 Å². The number of ether oxygens (including phenoxy) is 4. The van der Waals surface area contributed by atoms with Gasteiger partial charge in [0.05, 0.1) is 31.4 Å². The first kappa shape index (κ1) is 24.9. The molecule has 0 bridgehead atoms. The minimum atomic E-state index is -0.662. The number of hydrogen-bond donors (Lipinski definition) is 0. The zero-order valence-corrected chi connectivity index (χ0v) is 20.4. The van der Waals surface area contributed by atoms with Crippen molar-refractivity contribution < 1.29 is 37.7 Å². The van der Waals surface area contributed by atoms with E-state index in [1.54, 1.807) is 55.5 Å². The Kier molecular flexibility index (Phi) is 7.96. The number of nitrogens with zero attached hydrogens (tertiary/aromatic N) is 1. The third kappa shape index (κ3) is 5.72. The second-order valence-electron chi connectivity index (χ2n) is 7.34. The van der Waals surface area contributed by atoms with Gasteiger partial charge in [0, 0.05) is 0 Å². The van der Waals surface area contributed by atoms with Crippen LogP contribution in [0.2, 0.25) is 0 Å². The van der Waals surface area contributed by atoms with Gasteiger partial charge in [0.2, 0.25) is 5.76 Å². The van der Waals surface area contributed by atoms with Crippen molar-refractivity contribution in [3.05, 3.63) is 77.1 Å². The maximum Gasteiger partial charge on any atom is 0.379 e. The molecule has 10 heteroatoms. The molecule has 186 valence electrons. The molecule has 1 saturated heterocycles. The Balaban J connectivity index is 1.44. The van der Waals surface area contributed by atoms with E-state index in [-0.39, 0.29) is 34.8 Å². The number of carbonyl (C=O) groups excluding carboxylic acids is 3. The molecular weight excluding hydrogens is 486 g/mol. The van der Waals surface area contributed by atoms with Crippen LogP contribution in [-0.2, 0) is 4.79 Å². The van der Waals surface area contributed by atoms with E-state index in [1.807, 2.05) is 6.07 Å². The lowest BCUT2D eigenvalue weighted by Gasteiger charge is -2.14. The van der Waals surface area contributed by atoms with Crippen LogP contribution < -0.4 is 18.9 Å². The summed E-state index contributed by atoms with van der Waals surface area (Å²) in [5, 5.41) is -0.385. The van der Waals surface area contributed by atoms with Crippen molar-refractivity contribution in [2.24, 2.45) is 0 Å². The number of furan rings is 1. The molecule has 0 aliphatic carbocycles. The van der Waals surface area contributed by atoms with Crippen LogP contribution in [0.5, 0.6) is 23.0 Å². The summed E-state index contributed by atoms with van der Waals surface area (Å²) in [5.74, 6) is 0.594. The van der Waals surface area contributed by atoms with Crippen LogP contribution >= 0.6 is 11.8 Å². The number of amides is 2. The summed E-state index contributed by atoms with van der Waals surface area (Å²) in [5.41, 5.74) is 0.604. The maximum atomic E-state index is 12.9. The predicted molar refractivity (Wildman–Crippen MR) is 132 cm³/mol. The first-order valence-electron chi connectivity index (χ1n) is 11.0. The normalized spacial score (nSPS) is 14.3. The third-order valence-corrected chi connectivity index (χ3v) is 5.91. The van der Waals surface area contributed by atoms with Crippen LogP contribution in [0.25, 0.3) is 6.08 Å². The molecule has 4 rings (SSSR count). The van der Waals surface area contributed by atoms with E-state index < -0.39 is 11.9 Å². The average Bonchev–Trinajstić information content (AvgIpc) is 3.51. The van der Waals surface area contributed by atoms with Gasteiger partial charge in [0.15, 0.2) is 23.0 Å². The average molecular weight is 510 g/mol. The van der Waals surface area contributed by atoms with E-state index in [4.69, 9.17) is 23.4 Å². The quantitative estimate of drug-likeness (QED) is 0.212. The molecule has 3 aromatic rings. The molecule has 2 aromatic carbocycles. The zero-order valence-electron chi connectivity index (χ0n) is 19.6. The van der Waals surface area contributed by atoms with E-state index in [9.17, 15) is 14.4 Å². The third-order valence-electron chi connectivity index (χ3n) is 5.01. The summed E-state index contributed by atoms with van der Waals surface area (Å²) in [6.07, 6.45) is 2.97. The summed E-state index contributed by atoms with van der Waals surface area (Å²) >= 11 is 0.843. The fourth-order valence-corrected chi connectivity index (χ4v) is 4.21. The molecule has 2 heterocycles. The number of rotatable bonds is 10. The van der Waals surface area contributed by atoms with Crippen LogP contribution in [0.4, 0.5) is 4.79 Å².